The number of ether oxygens (including phenoxy) is 1. The zero-order valence-electron chi connectivity index (χ0n) is 25.0. The van der Waals surface area contributed by atoms with Crippen molar-refractivity contribution in [3.8, 4) is 5.75 Å². The van der Waals surface area contributed by atoms with Gasteiger partial charge in [-0.1, -0.05) is 98.5 Å². The number of rotatable bonds is 17. The second-order valence-corrected chi connectivity index (χ2v) is 11.4. The molecule has 1 unspecified atom stereocenters. The fourth-order valence-electron chi connectivity index (χ4n) is 4.73. The Morgan fingerprint density at radius 3 is 1.97 bits per heavy atom. The SMILES string of the molecule is CCCCCCCCCCCCOc1ccc(C(CC)NC(=O)c2cc[n+](CC)cc2)cc1C(C)(C)C.[I-]. The van der Waals surface area contributed by atoms with Crippen LogP contribution in [0.4, 0.5) is 0 Å². The maximum Gasteiger partial charge on any atom is 0.252 e. The molecule has 0 aliphatic rings. The van der Waals surface area contributed by atoms with E-state index in [9.17, 15) is 4.79 Å². The molecule has 4 nitrogen and oxygen atoms in total. The lowest BCUT2D eigenvalue weighted by Gasteiger charge is -2.26. The number of carbonyl (C=O) groups excluding carboxylic acids is 1. The van der Waals surface area contributed by atoms with E-state index in [2.05, 4.69) is 69.6 Å². The topological polar surface area (TPSA) is 42.2 Å². The summed E-state index contributed by atoms with van der Waals surface area (Å²) in [7, 11) is 0. The Morgan fingerprint density at radius 2 is 1.45 bits per heavy atom. The van der Waals surface area contributed by atoms with Gasteiger partial charge in [0.25, 0.3) is 5.91 Å². The monoisotopic (exact) mass is 636 g/mol. The van der Waals surface area contributed by atoms with Gasteiger partial charge in [0.2, 0.25) is 0 Å². The Bertz CT molecular complexity index is 922. The number of halogens is 1. The third-order valence-corrected chi connectivity index (χ3v) is 7.20. The van der Waals surface area contributed by atoms with E-state index < -0.39 is 0 Å². The van der Waals surface area contributed by atoms with Crippen LogP contribution in [-0.4, -0.2) is 12.5 Å². The van der Waals surface area contributed by atoms with Crippen molar-refractivity contribution in [2.24, 2.45) is 0 Å². The highest BCUT2D eigenvalue weighted by molar-refractivity contribution is 5.94. The molecule has 0 radical (unpaired) electrons. The van der Waals surface area contributed by atoms with Gasteiger partial charge in [-0.15, -0.1) is 0 Å². The van der Waals surface area contributed by atoms with Gasteiger partial charge in [-0.3, -0.25) is 4.79 Å². The number of aromatic nitrogens is 1. The van der Waals surface area contributed by atoms with Gasteiger partial charge >= 0.3 is 0 Å². The normalized spacial score (nSPS) is 12.1. The molecule has 0 aliphatic carbocycles. The number of pyridine rings is 1. The Morgan fingerprint density at radius 1 is 0.868 bits per heavy atom. The molecule has 2 aromatic rings. The fraction of sp³-hybridized carbons (Fsp3) is 0.636. The number of benzene rings is 1. The van der Waals surface area contributed by atoms with Crippen LogP contribution >= 0.6 is 0 Å². The maximum absolute atomic E-state index is 12.9. The van der Waals surface area contributed by atoms with E-state index in [1.54, 1.807) is 0 Å². The van der Waals surface area contributed by atoms with Gasteiger partial charge in [-0.2, -0.15) is 0 Å². The number of hydrogen-bond acceptors (Lipinski definition) is 2. The molecular formula is C33H53IN2O2. The molecule has 0 aliphatic heterocycles. The number of carbonyl (C=O) groups is 1. The van der Waals surface area contributed by atoms with E-state index in [0.29, 0.717) is 5.56 Å². The largest absolute Gasteiger partial charge is 1.00 e. The van der Waals surface area contributed by atoms with E-state index in [4.69, 9.17) is 4.74 Å². The first-order valence-electron chi connectivity index (χ1n) is 14.9. The summed E-state index contributed by atoms with van der Waals surface area (Å²) in [6.07, 6.45) is 18.0. The molecule has 1 aromatic heterocycles. The number of nitrogens with zero attached hydrogens (tertiary/aromatic N) is 1. The van der Waals surface area contributed by atoms with Crippen molar-refractivity contribution >= 4 is 5.91 Å². The predicted octanol–water partition coefficient (Wildman–Crippen LogP) is 5.48. The van der Waals surface area contributed by atoms with E-state index in [1.807, 2.05) is 24.5 Å². The van der Waals surface area contributed by atoms with Gasteiger partial charge in [0.15, 0.2) is 12.4 Å². The Labute approximate surface area is 250 Å². The van der Waals surface area contributed by atoms with Crippen LogP contribution in [0.1, 0.15) is 140 Å². The van der Waals surface area contributed by atoms with E-state index in [-0.39, 0.29) is 41.3 Å². The molecule has 0 fully saturated rings. The molecule has 1 N–H and O–H groups in total. The first-order chi connectivity index (χ1) is 17.8. The predicted molar refractivity (Wildman–Crippen MR) is 155 cm³/mol. The first kappa shape index (κ1) is 34.4. The van der Waals surface area contributed by atoms with Crippen molar-refractivity contribution in [1.29, 1.82) is 0 Å². The highest BCUT2D eigenvalue weighted by Crippen LogP contribution is 2.34. The average Bonchev–Trinajstić information content (AvgIpc) is 2.89. The molecule has 0 saturated carbocycles. The van der Waals surface area contributed by atoms with Crippen molar-refractivity contribution in [3.05, 3.63) is 59.4 Å². The lowest BCUT2D eigenvalue weighted by molar-refractivity contribution is -0.693. The van der Waals surface area contributed by atoms with E-state index >= 15 is 0 Å². The molecule has 1 heterocycles. The summed E-state index contributed by atoms with van der Waals surface area (Å²) in [5, 5.41) is 3.24. The minimum atomic E-state index is -0.0430. The molecule has 1 aromatic carbocycles. The molecule has 1 amide bonds. The summed E-state index contributed by atoms with van der Waals surface area (Å²) < 4.78 is 8.34. The maximum atomic E-state index is 12.9. The minimum absolute atomic E-state index is 0. The number of nitrogens with one attached hydrogen (secondary N) is 1. The molecule has 2 rings (SSSR count). The molecule has 5 heteroatoms. The van der Waals surface area contributed by atoms with Crippen LogP contribution in [0, 0.1) is 0 Å². The van der Waals surface area contributed by atoms with E-state index in [0.717, 1.165) is 37.3 Å². The Hall–Kier alpha value is -1.63. The lowest BCUT2D eigenvalue weighted by Crippen LogP contribution is -3.00. The van der Waals surface area contributed by atoms with Crippen molar-refractivity contribution in [2.75, 3.05) is 6.61 Å². The van der Waals surface area contributed by atoms with Crippen LogP contribution in [0.5, 0.6) is 5.75 Å². The molecule has 0 spiro atoms. The number of amides is 1. The standard InChI is InChI=1S/C33H52N2O2.HI/c1-7-10-11-12-13-14-15-16-17-18-25-37-31-20-19-28(26-29(31)33(4,5)6)30(8-2)34-32(36)27-21-23-35(9-3)24-22-27;/h19-24,26,30H,7-18,25H2,1-6H3;1H. The highest BCUT2D eigenvalue weighted by atomic mass is 127. The van der Waals surface area contributed by atoms with Crippen LogP contribution in [0.15, 0.2) is 42.7 Å². The van der Waals surface area contributed by atoms with Crippen LogP contribution in [0.2, 0.25) is 0 Å². The van der Waals surface area contributed by atoms with Gasteiger partial charge in [-0.25, -0.2) is 4.57 Å². The zero-order chi connectivity index (χ0) is 27.1. The van der Waals surface area contributed by atoms with E-state index in [1.165, 1.54) is 63.4 Å². The molecule has 214 valence electrons. The summed E-state index contributed by atoms with van der Waals surface area (Å²) in [5.41, 5.74) is 2.98. The van der Waals surface area contributed by atoms with Crippen LogP contribution in [-0.2, 0) is 12.0 Å². The smallest absolute Gasteiger partial charge is 0.252 e. The third kappa shape index (κ3) is 12.0. The summed E-state index contributed by atoms with van der Waals surface area (Å²) in [4.78, 5) is 12.9. The van der Waals surface area contributed by atoms with Crippen LogP contribution < -0.4 is 38.6 Å². The number of hydrogen-bond donors (Lipinski definition) is 1. The Balaban J connectivity index is 0.00000722. The quantitative estimate of drug-likeness (QED) is 0.142. The molecule has 0 saturated heterocycles. The van der Waals surface area contributed by atoms with Crippen LogP contribution in [0.25, 0.3) is 0 Å². The number of aryl methyl sites for hydroxylation is 1. The zero-order valence-corrected chi connectivity index (χ0v) is 27.1. The third-order valence-electron chi connectivity index (χ3n) is 7.20. The summed E-state index contributed by atoms with van der Waals surface area (Å²) >= 11 is 0. The summed E-state index contributed by atoms with van der Waals surface area (Å²) in [5.74, 6) is 0.939. The molecular weight excluding hydrogens is 583 g/mol. The van der Waals surface area contributed by atoms with Gasteiger partial charge in [0.1, 0.15) is 12.3 Å². The fourth-order valence-corrected chi connectivity index (χ4v) is 4.73. The van der Waals surface area contributed by atoms with Crippen molar-refractivity contribution < 1.29 is 38.1 Å². The highest BCUT2D eigenvalue weighted by Gasteiger charge is 2.22. The van der Waals surface area contributed by atoms with Crippen molar-refractivity contribution in [1.82, 2.24) is 5.32 Å². The lowest BCUT2D eigenvalue weighted by atomic mass is 9.84. The van der Waals surface area contributed by atoms with Crippen LogP contribution in [0.3, 0.4) is 0 Å². The molecule has 38 heavy (non-hydrogen) atoms. The summed E-state index contributed by atoms with van der Waals surface area (Å²) in [6.45, 7) is 14.8. The van der Waals surface area contributed by atoms with Gasteiger partial charge in [0, 0.05) is 12.1 Å². The number of unbranched alkanes of at least 4 members (excludes halogenated alkanes) is 9. The second kappa shape index (κ2) is 18.6. The minimum Gasteiger partial charge on any atom is -1.00 e. The molecule has 0 bridgehead atoms. The van der Waals surface area contributed by atoms with Gasteiger partial charge < -0.3 is 34.0 Å². The first-order valence-corrected chi connectivity index (χ1v) is 14.9. The second-order valence-electron chi connectivity index (χ2n) is 11.4. The van der Waals surface area contributed by atoms with Crippen molar-refractivity contribution in [2.45, 2.75) is 130 Å². The van der Waals surface area contributed by atoms with Gasteiger partial charge in [0.05, 0.1) is 18.2 Å². The van der Waals surface area contributed by atoms with Crippen molar-refractivity contribution in [3.63, 3.8) is 0 Å². The average molecular weight is 637 g/mol. The Kier molecular flexibility index (Phi) is 16.9. The van der Waals surface area contributed by atoms with Gasteiger partial charge in [-0.05, 0) is 48.4 Å². The summed E-state index contributed by atoms with van der Waals surface area (Å²) in [6, 6.07) is 10.2. The molecule has 1 atom stereocenters.